The molecule has 1 aromatic carbocycles. The first-order valence-electron chi connectivity index (χ1n) is 3.70. The summed E-state index contributed by atoms with van der Waals surface area (Å²) >= 11 is 5.64. The van der Waals surface area contributed by atoms with Crippen molar-refractivity contribution in [2.24, 2.45) is 0 Å². The van der Waals surface area contributed by atoms with E-state index in [0.717, 1.165) is 0 Å². The van der Waals surface area contributed by atoms with Crippen LogP contribution in [0.5, 0.6) is 11.5 Å². The lowest BCUT2D eigenvalue weighted by Crippen LogP contribution is -1.97. The maximum absolute atomic E-state index is 13.1. The lowest BCUT2D eigenvalue weighted by Gasteiger charge is -2.11. The predicted molar refractivity (Wildman–Crippen MR) is 49.1 cm³/mol. The summed E-state index contributed by atoms with van der Waals surface area (Å²) in [6.07, 6.45) is 0. The van der Waals surface area contributed by atoms with Gasteiger partial charge in [-0.05, 0) is 12.1 Å². The zero-order chi connectivity index (χ0) is 9.84. The van der Waals surface area contributed by atoms with Crippen molar-refractivity contribution in [1.29, 1.82) is 0 Å². The van der Waals surface area contributed by atoms with Crippen LogP contribution < -0.4 is 9.47 Å². The van der Waals surface area contributed by atoms with Gasteiger partial charge in [-0.25, -0.2) is 4.39 Å². The smallest absolute Gasteiger partial charge is 0.165 e. The largest absolute Gasteiger partial charge is 0.496 e. The van der Waals surface area contributed by atoms with Gasteiger partial charge in [-0.2, -0.15) is 0 Å². The second-order valence-corrected chi connectivity index (χ2v) is 2.66. The second-order valence-electron chi connectivity index (χ2n) is 2.40. The SMILES string of the molecule is COc1ccc(F)c(OC)c1CCl. The Balaban J connectivity index is 3.27. The molecule has 4 heteroatoms. The third kappa shape index (κ3) is 1.86. The van der Waals surface area contributed by atoms with Gasteiger partial charge in [0.25, 0.3) is 0 Å². The summed E-state index contributed by atoms with van der Waals surface area (Å²) in [7, 11) is 2.90. The summed E-state index contributed by atoms with van der Waals surface area (Å²) in [6, 6.07) is 2.81. The molecule has 0 aliphatic rings. The first-order chi connectivity index (χ1) is 6.24. The van der Waals surface area contributed by atoms with Crippen molar-refractivity contribution in [1.82, 2.24) is 0 Å². The minimum Gasteiger partial charge on any atom is -0.496 e. The highest BCUT2D eigenvalue weighted by Gasteiger charge is 2.13. The fourth-order valence-corrected chi connectivity index (χ4v) is 1.37. The van der Waals surface area contributed by atoms with E-state index < -0.39 is 5.82 Å². The molecule has 72 valence electrons. The van der Waals surface area contributed by atoms with Crippen molar-refractivity contribution in [3.63, 3.8) is 0 Å². The normalized spacial score (nSPS) is 9.85. The van der Waals surface area contributed by atoms with E-state index in [9.17, 15) is 4.39 Å². The number of ether oxygens (including phenoxy) is 2. The highest BCUT2D eigenvalue weighted by atomic mass is 35.5. The number of hydrogen-bond donors (Lipinski definition) is 0. The van der Waals surface area contributed by atoms with Crippen molar-refractivity contribution in [2.45, 2.75) is 5.88 Å². The Labute approximate surface area is 81.2 Å². The molecule has 1 rings (SSSR count). The average molecular weight is 205 g/mol. The zero-order valence-electron chi connectivity index (χ0n) is 7.43. The van der Waals surface area contributed by atoms with Crippen LogP contribution in [0.4, 0.5) is 4.39 Å². The first-order valence-corrected chi connectivity index (χ1v) is 4.23. The zero-order valence-corrected chi connectivity index (χ0v) is 8.19. The van der Waals surface area contributed by atoms with Gasteiger partial charge in [0.1, 0.15) is 5.75 Å². The van der Waals surface area contributed by atoms with Crippen LogP contribution in [0, 0.1) is 5.82 Å². The Hall–Kier alpha value is -0.960. The molecule has 0 saturated heterocycles. The standard InChI is InChI=1S/C9H10ClFO2/c1-12-8-4-3-7(11)9(13-2)6(8)5-10/h3-4H,5H2,1-2H3. The molecule has 1 aromatic rings. The fraction of sp³-hybridized carbons (Fsp3) is 0.333. The Morgan fingerprint density at radius 3 is 2.46 bits per heavy atom. The van der Waals surface area contributed by atoms with E-state index in [-0.39, 0.29) is 11.6 Å². The van der Waals surface area contributed by atoms with Crippen LogP contribution in [-0.4, -0.2) is 14.2 Å². The molecule has 2 nitrogen and oxygen atoms in total. The van der Waals surface area contributed by atoms with Gasteiger partial charge < -0.3 is 9.47 Å². The number of methoxy groups -OCH3 is 2. The molecule has 0 spiro atoms. The van der Waals surface area contributed by atoms with E-state index in [1.165, 1.54) is 26.4 Å². The number of alkyl halides is 1. The van der Waals surface area contributed by atoms with Crippen LogP contribution in [0.2, 0.25) is 0 Å². The molecule has 0 amide bonds. The predicted octanol–water partition coefficient (Wildman–Crippen LogP) is 2.58. The number of benzene rings is 1. The van der Waals surface area contributed by atoms with Gasteiger partial charge >= 0.3 is 0 Å². The van der Waals surface area contributed by atoms with Crippen LogP contribution >= 0.6 is 11.6 Å². The Morgan fingerprint density at radius 1 is 1.31 bits per heavy atom. The molecule has 0 saturated carbocycles. The fourth-order valence-electron chi connectivity index (χ4n) is 1.12. The number of halogens is 2. The van der Waals surface area contributed by atoms with Gasteiger partial charge in [0, 0.05) is 0 Å². The summed E-state index contributed by atoms with van der Waals surface area (Å²) in [6.45, 7) is 0. The topological polar surface area (TPSA) is 18.5 Å². The van der Waals surface area contributed by atoms with Crippen LogP contribution in [0.3, 0.4) is 0 Å². The van der Waals surface area contributed by atoms with Crippen molar-refractivity contribution in [2.75, 3.05) is 14.2 Å². The lowest BCUT2D eigenvalue weighted by atomic mass is 10.2. The quantitative estimate of drug-likeness (QED) is 0.705. The summed E-state index contributed by atoms with van der Waals surface area (Å²) in [5.41, 5.74) is 0.534. The minimum atomic E-state index is -0.432. The molecule has 0 fully saturated rings. The van der Waals surface area contributed by atoms with Gasteiger partial charge in [-0.1, -0.05) is 0 Å². The van der Waals surface area contributed by atoms with Gasteiger partial charge in [-0.15, -0.1) is 11.6 Å². The molecule has 0 aliphatic carbocycles. The van der Waals surface area contributed by atoms with E-state index in [1.807, 2.05) is 0 Å². The number of hydrogen-bond acceptors (Lipinski definition) is 2. The molecule has 0 aliphatic heterocycles. The van der Waals surface area contributed by atoms with Crippen molar-refractivity contribution < 1.29 is 13.9 Å². The summed E-state index contributed by atoms with van der Waals surface area (Å²) in [4.78, 5) is 0. The first kappa shape index (κ1) is 10.1. The molecule has 0 unspecified atom stereocenters. The highest BCUT2D eigenvalue weighted by Crippen LogP contribution is 2.32. The van der Waals surface area contributed by atoms with E-state index in [1.54, 1.807) is 0 Å². The lowest BCUT2D eigenvalue weighted by molar-refractivity contribution is 0.368. The van der Waals surface area contributed by atoms with Gasteiger partial charge in [0.2, 0.25) is 0 Å². The molecule has 13 heavy (non-hydrogen) atoms. The minimum absolute atomic E-state index is 0.148. The van der Waals surface area contributed by atoms with Crippen LogP contribution in [-0.2, 0) is 5.88 Å². The molecule has 0 radical (unpaired) electrons. The molecular weight excluding hydrogens is 195 g/mol. The van der Waals surface area contributed by atoms with E-state index >= 15 is 0 Å². The highest BCUT2D eigenvalue weighted by molar-refractivity contribution is 6.17. The molecule has 0 N–H and O–H groups in total. The van der Waals surface area contributed by atoms with E-state index in [2.05, 4.69) is 0 Å². The Morgan fingerprint density at radius 2 is 2.00 bits per heavy atom. The summed E-state index contributed by atoms with van der Waals surface area (Å²) in [5.74, 6) is 0.408. The maximum Gasteiger partial charge on any atom is 0.165 e. The molecule has 0 bridgehead atoms. The van der Waals surface area contributed by atoms with E-state index in [4.69, 9.17) is 21.1 Å². The summed E-state index contributed by atoms with van der Waals surface area (Å²) in [5, 5.41) is 0. The van der Waals surface area contributed by atoms with Crippen LogP contribution in [0.1, 0.15) is 5.56 Å². The van der Waals surface area contributed by atoms with Crippen LogP contribution in [0.25, 0.3) is 0 Å². The Bertz CT molecular complexity index is 302. The third-order valence-electron chi connectivity index (χ3n) is 1.73. The van der Waals surface area contributed by atoms with E-state index in [0.29, 0.717) is 11.3 Å². The molecular formula is C9H10ClFO2. The molecule has 0 atom stereocenters. The van der Waals surface area contributed by atoms with Crippen LogP contribution in [0.15, 0.2) is 12.1 Å². The number of rotatable bonds is 3. The monoisotopic (exact) mass is 204 g/mol. The summed E-state index contributed by atoms with van der Waals surface area (Å²) < 4.78 is 23.0. The van der Waals surface area contributed by atoms with Crippen molar-refractivity contribution in [3.05, 3.63) is 23.5 Å². The van der Waals surface area contributed by atoms with Gasteiger partial charge in [0.15, 0.2) is 11.6 Å². The third-order valence-corrected chi connectivity index (χ3v) is 1.99. The maximum atomic E-state index is 13.1. The van der Waals surface area contributed by atoms with Crippen molar-refractivity contribution >= 4 is 11.6 Å². The average Bonchev–Trinajstić information content (AvgIpc) is 2.17. The molecule has 0 heterocycles. The van der Waals surface area contributed by atoms with Gasteiger partial charge in [-0.3, -0.25) is 0 Å². The molecule has 0 aromatic heterocycles. The Kier molecular flexibility index (Phi) is 3.37. The van der Waals surface area contributed by atoms with Gasteiger partial charge in [0.05, 0.1) is 25.7 Å². The second kappa shape index (κ2) is 4.33. The van der Waals surface area contributed by atoms with Crippen molar-refractivity contribution in [3.8, 4) is 11.5 Å².